The molecule has 3 heteroatoms. The maximum atomic E-state index is 12.2. The largest absolute Gasteiger partial charge is 0.201 e. The van der Waals surface area contributed by atoms with Crippen molar-refractivity contribution in [1.82, 2.24) is 0 Å². The van der Waals surface area contributed by atoms with E-state index >= 15 is 0 Å². The first-order chi connectivity index (χ1) is 4.83. The van der Waals surface area contributed by atoms with Gasteiger partial charge in [0.25, 0.3) is 0 Å². The summed E-state index contributed by atoms with van der Waals surface area (Å²) < 4.78 is 12.2. The molecule has 0 radical (unpaired) electrons. The molecule has 1 nitrogen and oxygen atoms in total. The molecule has 0 saturated carbocycles. The highest BCUT2D eigenvalue weighted by Gasteiger charge is 1.91. The van der Waals surface area contributed by atoms with Crippen LogP contribution in [-0.2, 0) is 0 Å². The molecule has 0 aromatic carbocycles. The normalized spacial score (nSPS) is 11.0. The fourth-order valence-corrected chi connectivity index (χ4v) is 1.17. The van der Waals surface area contributed by atoms with Gasteiger partial charge in [0.15, 0.2) is 0 Å². The molecule has 0 aliphatic rings. The van der Waals surface area contributed by atoms with Gasteiger partial charge < -0.3 is 0 Å². The van der Waals surface area contributed by atoms with E-state index in [4.69, 9.17) is 5.26 Å². The van der Waals surface area contributed by atoms with E-state index in [-0.39, 0.29) is 0 Å². The molecule has 0 unspecified atom stereocenters. The third-order valence-electron chi connectivity index (χ3n) is 0.919. The lowest BCUT2D eigenvalue weighted by atomic mass is 10.4. The van der Waals surface area contributed by atoms with Crippen molar-refractivity contribution in [2.75, 3.05) is 0 Å². The standard InChI is InChI=1S/C7H4FNS/c8-6(5-9)4-7-2-1-3-10-7/h1-4H/b6-4-. The molecule has 1 rings (SSSR count). The zero-order valence-electron chi connectivity index (χ0n) is 5.04. The van der Waals surface area contributed by atoms with E-state index in [0.29, 0.717) is 0 Å². The highest BCUT2D eigenvalue weighted by atomic mass is 32.1. The Bertz CT molecular complexity index is 268. The Kier molecular flexibility index (Phi) is 2.19. The fourth-order valence-electron chi connectivity index (χ4n) is 0.531. The van der Waals surface area contributed by atoms with Crippen LogP contribution in [0.15, 0.2) is 23.3 Å². The zero-order chi connectivity index (χ0) is 7.40. The van der Waals surface area contributed by atoms with Crippen LogP contribution in [0.25, 0.3) is 6.08 Å². The van der Waals surface area contributed by atoms with Crippen LogP contribution < -0.4 is 0 Å². The van der Waals surface area contributed by atoms with Gasteiger partial charge in [-0.2, -0.15) is 9.65 Å². The summed E-state index contributed by atoms with van der Waals surface area (Å²) in [4.78, 5) is 0.763. The van der Waals surface area contributed by atoms with E-state index in [1.165, 1.54) is 23.5 Å². The average Bonchev–Trinajstić information content (AvgIpc) is 2.40. The van der Waals surface area contributed by atoms with Crippen molar-refractivity contribution in [2.24, 2.45) is 0 Å². The number of nitriles is 1. The number of hydrogen-bond donors (Lipinski definition) is 0. The summed E-state index contributed by atoms with van der Waals surface area (Å²) in [5.41, 5.74) is 0. The predicted molar refractivity (Wildman–Crippen MR) is 39.0 cm³/mol. The second-order valence-corrected chi connectivity index (χ2v) is 2.60. The molecule has 50 valence electrons. The molecule has 10 heavy (non-hydrogen) atoms. The molecule has 0 saturated heterocycles. The summed E-state index contributed by atoms with van der Waals surface area (Å²) >= 11 is 1.40. The second-order valence-electron chi connectivity index (χ2n) is 1.62. The summed E-state index contributed by atoms with van der Waals surface area (Å²) in [5.74, 6) is -0.748. The van der Waals surface area contributed by atoms with Crippen molar-refractivity contribution in [3.05, 3.63) is 28.2 Å². The van der Waals surface area contributed by atoms with Gasteiger partial charge in [0, 0.05) is 11.0 Å². The summed E-state index contributed by atoms with van der Waals surface area (Å²) in [7, 11) is 0. The fraction of sp³-hybridized carbons (Fsp3) is 0. The van der Waals surface area contributed by atoms with Gasteiger partial charge >= 0.3 is 0 Å². The smallest absolute Gasteiger partial charge is 0.195 e. The topological polar surface area (TPSA) is 23.8 Å². The van der Waals surface area contributed by atoms with E-state index in [9.17, 15) is 4.39 Å². The van der Waals surface area contributed by atoms with Gasteiger partial charge in [-0.15, -0.1) is 11.3 Å². The maximum Gasteiger partial charge on any atom is 0.201 e. The van der Waals surface area contributed by atoms with Gasteiger partial charge in [-0.3, -0.25) is 0 Å². The van der Waals surface area contributed by atoms with Gasteiger partial charge in [-0.1, -0.05) is 6.07 Å². The van der Waals surface area contributed by atoms with Crippen LogP contribution in [0.3, 0.4) is 0 Å². The van der Waals surface area contributed by atoms with Crippen LogP contribution in [0.5, 0.6) is 0 Å². The van der Waals surface area contributed by atoms with Gasteiger partial charge in [0.05, 0.1) is 0 Å². The average molecular weight is 153 g/mol. The van der Waals surface area contributed by atoms with E-state index < -0.39 is 5.83 Å². The van der Waals surface area contributed by atoms with Crippen molar-refractivity contribution in [3.8, 4) is 6.07 Å². The minimum Gasteiger partial charge on any atom is -0.195 e. The lowest BCUT2D eigenvalue weighted by Gasteiger charge is -1.78. The SMILES string of the molecule is N#C/C(F)=C/c1cccs1. The number of nitrogens with zero attached hydrogens (tertiary/aromatic N) is 1. The van der Waals surface area contributed by atoms with Crippen LogP contribution in [0.2, 0.25) is 0 Å². The number of thiophene rings is 1. The van der Waals surface area contributed by atoms with E-state index in [2.05, 4.69) is 0 Å². The number of rotatable bonds is 1. The monoisotopic (exact) mass is 153 g/mol. The van der Waals surface area contributed by atoms with Crippen molar-refractivity contribution >= 4 is 17.4 Å². The third-order valence-corrected chi connectivity index (χ3v) is 1.74. The molecule has 0 amide bonds. The van der Waals surface area contributed by atoms with E-state index in [1.54, 1.807) is 12.1 Å². The van der Waals surface area contributed by atoms with E-state index in [0.717, 1.165) is 4.88 Å². The maximum absolute atomic E-state index is 12.2. The van der Waals surface area contributed by atoms with Gasteiger partial charge in [0.1, 0.15) is 6.07 Å². The molecule has 1 aromatic heterocycles. The summed E-state index contributed by atoms with van der Waals surface area (Å²) in [6.45, 7) is 0. The molecular formula is C7H4FNS. The van der Waals surface area contributed by atoms with Crippen molar-refractivity contribution in [1.29, 1.82) is 5.26 Å². The Morgan fingerprint density at radius 1 is 1.80 bits per heavy atom. The summed E-state index contributed by atoms with van der Waals surface area (Å²) in [6, 6.07) is 4.96. The molecule has 0 atom stereocenters. The predicted octanol–water partition coefficient (Wildman–Crippen LogP) is 2.58. The molecule has 0 aliphatic carbocycles. The van der Waals surface area contributed by atoms with Gasteiger partial charge in [0.2, 0.25) is 5.83 Å². The Morgan fingerprint density at radius 3 is 3.10 bits per heavy atom. The van der Waals surface area contributed by atoms with Crippen LogP contribution in [0, 0.1) is 11.3 Å². The Hall–Kier alpha value is -1.14. The van der Waals surface area contributed by atoms with Crippen molar-refractivity contribution in [3.63, 3.8) is 0 Å². The first-order valence-corrected chi connectivity index (χ1v) is 3.51. The number of halogens is 1. The lowest BCUT2D eigenvalue weighted by Crippen LogP contribution is -1.62. The van der Waals surface area contributed by atoms with Gasteiger partial charge in [-0.25, -0.2) is 0 Å². The Labute approximate surface area is 62.0 Å². The Balaban J connectivity index is 2.83. The van der Waals surface area contributed by atoms with Gasteiger partial charge in [-0.05, 0) is 11.4 Å². The quantitative estimate of drug-likeness (QED) is 0.569. The molecule has 0 fully saturated rings. The highest BCUT2D eigenvalue weighted by Crippen LogP contribution is 2.12. The molecule has 0 bridgehead atoms. The molecular weight excluding hydrogens is 149 g/mol. The van der Waals surface area contributed by atoms with E-state index in [1.807, 2.05) is 5.38 Å². The minimum absolute atomic E-state index is 0.748. The number of allylic oxidation sites excluding steroid dienone is 1. The lowest BCUT2D eigenvalue weighted by molar-refractivity contribution is 0.680. The Morgan fingerprint density at radius 2 is 2.60 bits per heavy atom. The minimum atomic E-state index is -0.748. The molecule has 1 aromatic rings. The second kappa shape index (κ2) is 3.14. The molecule has 0 spiro atoms. The zero-order valence-corrected chi connectivity index (χ0v) is 5.86. The molecule has 1 heterocycles. The first kappa shape index (κ1) is 6.97. The first-order valence-electron chi connectivity index (χ1n) is 2.64. The highest BCUT2D eigenvalue weighted by molar-refractivity contribution is 7.10. The van der Waals surface area contributed by atoms with Crippen LogP contribution in [0.4, 0.5) is 4.39 Å². The van der Waals surface area contributed by atoms with Crippen molar-refractivity contribution in [2.45, 2.75) is 0 Å². The summed E-state index contributed by atoms with van der Waals surface area (Å²) in [5, 5.41) is 9.87. The van der Waals surface area contributed by atoms with Crippen LogP contribution >= 0.6 is 11.3 Å². The molecule has 0 N–H and O–H groups in total. The van der Waals surface area contributed by atoms with Crippen LogP contribution in [-0.4, -0.2) is 0 Å². The molecule has 0 aliphatic heterocycles. The van der Waals surface area contributed by atoms with Crippen molar-refractivity contribution < 1.29 is 4.39 Å². The summed E-state index contributed by atoms with van der Waals surface area (Å²) in [6.07, 6.45) is 1.21. The third kappa shape index (κ3) is 1.67. The van der Waals surface area contributed by atoms with Crippen LogP contribution in [0.1, 0.15) is 4.88 Å². The number of hydrogen-bond acceptors (Lipinski definition) is 2.